The van der Waals surface area contributed by atoms with E-state index in [9.17, 15) is 27.2 Å². The summed E-state index contributed by atoms with van der Waals surface area (Å²) >= 11 is 2.18. The van der Waals surface area contributed by atoms with E-state index in [1.807, 2.05) is 18.1 Å². The molecule has 44 heavy (non-hydrogen) atoms. The van der Waals surface area contributed by atoms with Crippen LogP contribution < -0.4 is 0 Å². The van der Waals surface area contributed by atoms with Crippen molar-refractivity contribution in [2.45, 2.75) is 21.3 Å². The molecule has 0 aliphatic heterocycles. The highest BCUT2D eigenvalue weighted by Crippen LogP contribution is 2.15. The number of methoxy groups -OCH3 is 2. The number of hydrogen-bond acceptors (Lipinski definition) is 4. The van der Waals surface area contributed by atoms with Gasteiger partial charge in [-0.05, 0) is 120 Å². The Hall–Kier alpha value is -4.61. The van der Waals surface area contributed by atoms with Crippen LogP contribution >= 0.6 is 22.6 Å². The van der Waals surface area contributed by atoms with Gasteiger partial charge >= 0.3 is 11.9 Å². The minimum absolute atomic E-state index is 0. The van der Waals surface area contributed by atoms with Crippen molar-refractivity contribution >= 4 is 34.5 Å². The standard InChI is InChI=1S/C17H12F2O2.C9H6F2.C8H7IO2.CH4/c1-11-9-15(18)14(16(19)10-11)8-5-12-3-6-13(7-4-12)17(20)21-2;1-3-7-8(10)4-6(2)5-9(7)11;1-11-8(10)6-2-4-7(9)5-3-6;/h3-4,6-7,9-10H,1-2H3;1,4-5H,2H3;2-5H,1H3;1H4. The van der Waals surface area contributed by atoms with Crippen LogP contribution in [-0.4, -0.2) is 26.2 Å². The summed E-state index contributed by atoms with van der Waals surface area (Å²) in [6.45, 7) is 3.21. The van der Waals surface area contributed by atoms with Crippen LogP contribution in [0.1, 0.15) is 56.0 Å². The molecule has 0 heterocycles. The van der Waals surface area contributed by atoms with Crippen LogP contribution in [0.5, 0.6) is 0 Å². The average molecular weight is 717 g/mol. The zero-order valence-electron chi connectivity index (χ0n) is 23.5. The Bertz CT molecular complexity index is 1650. The van der Waals surface area contributed by atoms with Gasteiger partial charge in [0.05, 0.1) is 36.5 Å². The van der Waals surface area contributed by atoms with Gasteiger partial charge in [-0.3, -0.25) is 0 Å². The fourth-order valence-corrected chi connectivity index (χ4v) is 3.66. The molecule has 0 aromatic heterocycles. The Morgan fingerprint density at radius 3 is 1.39 bits per heavy atom. The SMILES string of the molecule is C.C#Cc1c(F)cc(C)cc1F.COC(=O)c1ccc(C#Cc2c(F)cc(C)cc2F)cc1.COC(=O)c1ccc(I)cc1. The van der Waals surface area contributed by atoms with Crippen molar-refractivity contribution in [3.8, 4) is 24.2 Å². The molecule has 0 fully saturated rings. The molecule has 0 N–H and O–H groups in total. The van der Waals surface area contributed by atoms with Crippen molar-refractivity contribution in [1.29, 1.82) is 0 Å². The fourth-order valence-electron chi connectivity index (χ4n) is 3.30. The molecule has 0 bridgehead atoms. The van der Waals surface area contributed by atoms with Gasteiger partial charge in [-0.15, -0.1) is 6.42 Å². The molecule has 0 saturated carbocycles. The summed E-state index contributed by atoms with van der Waals surface area (Å²) < 4.78 is 62.9. The van der Waals surface area contributed by atoms with Crippen LogP contribution in [0.2, 0.25) is 0 Å². The first-order chi connectivity index (χ1) is 20.4. The lowest BCUT2D eigenvalue weighted by Gasteiger charge is -2.00. The van der Waals surface area contributed by atoms with E-state index in [2.05, 4.69) is 43.9 Å². The smallest absolute Gasteiger partial charge is 0.337 e. The van der Waals surface area contributed by atoms with Crippen molar-refractivity contribution in [1.82, 2.24) is 0 Å². The van der Waals surface area contributed by atoms with Crippen LogP contribution in [0.4, 0.5) is 17.6 Å². The maximum absolute atomic E-state index is 13.6. The highest BCUT2D eigenvalue weighted by Gasteiger charge is 2.08. The first-order valence-corrected chi connectivity index (χ1v) is 13.4. The molecule has 9 heteroatoms. The number of aryl methyl sites for hydroxylation is 2. The number of halogens is 5. The van der Waals surface area contributed by atoms with E-state index in [1.54, 1.807) is 38.1 Å². The largest absolute Gasteiger partial charge is 0.465 e. The van der Waals surface area contributed by atoms with Crippen LogP contribution in [0, 0.1) is 64.9 Å². The zero-order chi connectivity index (χ0) is 32.1. The first kappa shape index (κ1) is 37.4. The molecule has 4 aromatic carbocycles. The van der Waals surface area contributed by atoms with Gasteiger partial charge in [0.2, 0.25) is 0 Å². The Morgan fingerprint density at radius 2 is 1.02 bits per heavy atom. The molecule has 0 amide bonds. The zero-order valence-corrected chi connectivity index (χ0v) is 25.7. The van der Waals surface area contributed by atoms with E-state index in [0.717, 1.165) is 3.57 Å². The van der Waals surface area contributed by atoms with Gasteiger partial charge < -0.3 is 9.47 Å². The molecular weight excluding hydrogens is 687 g/mol. The number of ether oxygens (including phenoxy) is 2. The van der Waals surface area contributed by atoms with Crippen LogP contribution in [0.3, 0.4) is 0 Å². The molecule has 0 aliphatic rings. The number of carbonyl (C=O) groups is 2. The van der Waals surface area contributed by atoms with E-state index < -0.39 is 29.2 Å². The lowest BCUT2D eigenvalue weighted by atomic mass is 10.1. The number of benzene rings is 4. The predicted molar refractivity (Wildman–Crippen MR) is 171 cm³/mol. The molecular formula is C35H29F4IO4. The second-order valence-electron chi connectivity index (χ2n) is 8.67. The minimum Gasteiger partial charge on any atom is -0.465 e. The number of terminal acetylenes is 1. The summed E-state index contributed by atoms with van der Waals surface area (Å²) in [7, 11) is 2.67. The maximum atomic E-state index is 13.6. The quantitative estimate of drug-likeness (QED) is 0.0905. The number of rotatable bonds is 2. The minimum atomic E-state index is -0.689. The molecule has 0 aliphatic carbocycles. The van der Waals surface area contributed by atoms with Crippen molar-refractivity contribution in [3.05, 3.63) is 139 Å². The third-order valence-corrected chi connectivity index (χ3v) is 6.14. The van der Waals surface area contributed by atoms with Crippen molar-refractivity contribution in [2.24, 2.45) is 0 Å². The molecule has 4 nitrogen and oxygen atoms in total. The summed E-state index contributed by atoms with van der Waals surface area (Å²) in [6, 6.07) is 18.3. The maximum Gasteiger partial charge on any atom is 0.337 e. The van der Waals surface area contributed by atoms with E-state index in [1.165, 1.54) is 50.6 Å². The molecule has 0 radical (unpaired) electrons. The van der Waals surface area contributed by atoms with Crippen LogP contribution in [-0.2, 0) is 9.47 Å². The average Bonchev–Trinajstić information content (AvgIpc) is 2.97. The topological polar surface area (TPSA) is 52.6 Å². The van der Waals surface area contributed by atoms with E-state index in [-0.39, 0.29) is 24.5 Å². The summed E-state index contributed by atoms with van der Waals surface area (Å²) in [5, 5.41) is 0. The summed E-state index contributed by atoms with van der Waals surface area (Å²) in [6.07, 6.45) is 4.87. The Kier molecular flexibility index (Phi) is 15.4. The second kappa shape index (κ2) is 18.1. The van der Waals surface area contributed by atoms with Crippen molar-refractivity contribution < 1.29 is 36.6 Å². The second-order valence-corrected chi connectivity index (χ2v) is 9.91. The van der Waals surface area contributed by atoms with Gasteiger partial charge in [0.1, 0.15) is 23.3 Å². The van der Waals surface area contributed by atoms with E-state index in [0.29, 0.717) is 27.8 Å². The molecule has 0 atom stereocenters. The van der Waals surface area contributed by atoms with Crippen LogP contribution in [0.15, 0.2) is 72.8 Å². The molecule has 4 aromatic rings. The Balaban J connectivity index is 0.000000357. The van der Waals surface area contributed by atoms with Gasteiger partial charge in [-0.1, -0.05) is 25.2 Å². The number of esters is 2. The molecule has 228 valence electrons. The molecule has 0 unspecified atom stereocenters. The number of carbonyl (C=O) groups excluding carboxylic acids is 2. The van der Waals surface area contributed by atoms with Gasteiger partial charge in [-0.25, -0.2) is 27.2 Å². The molecule has 4 rings (SSSR count). The van der Waals surface area contributed by atoms with E-state index in [4.69, 9.17) is 6.42 Å². The molecule has 0 saturated heterocycles. The lowest BCUT2D eigenvalue weighted by Crippen LogP contribution is -2.00. The van der Waals surface area contributed by atoms with Gasteiger partial charge in [0, 0.05) is 9.13 Å². The highest BCUT2D eigenvalue weighted by molar-refractivity contribution is 14.1. The summed E-state index contributed by atoms with van der Waals surface area (Å²) in [5.74, 6) is 3.60. The summed E-state index contributed by atoms with van der Waals surface area (Å²) in [4.78, 5) is 22.2. The van der Waals surface area contributed by atoms with Gasteiger partial charge in [0.25, 0.3) is 0 Å². The third kappa shape index (κ3) is 11.2. The lowest BCUT2D eigenvalue weighted by molar-refractivity contribution is 0.0592. The van der Waals surface area contributed by atoms with Gasteiger partial charge in [-0.2, -0.15) is 0 Å². The highest BCUT2D eigenvalue weighted by atomic mass is 127. The predicted octanol–water partition coefficient (Wildman–Crippen LogP) is 8.43. The fraction of sp³-hybridized carbons (Fsp3) is 0.143. The van der Waals surface area contributed by atoms with Crippen molar-refractivity contribution in [3.63, 3.8) is 0 Å². The monoisotopic (exact) mass is 716 g/mol. The Labute approximate surface area is 268 Å². The normalized spacial score (nSPS) is 9.27. The summed E-state index contributed by atoms with van der Waals surface area (Å²) in [5.41, 5.74) is 1.98. The van der Waals surface area contributed by atoms with Crippen LogP contribution in [0.25, 0.3) is 0 Å². The number of hydrogen-bond donors (Lipinski definition) is 0. The van der Waals surface area contributed by atoms with Crippen molar-refractivity contribution in [2.75, 3.05) is 14.2 Å². The van der Waals surface area contributed by atoms with E-state index >= 15 is 0 Å². The first-order valence-electron chi connectivity index (χ1n) is 12.3. The molecule has 0 spiro atoms. The van der Waals surface area contributed by atoms with Gasteiger partial charge in [0.15, 0.2) is 0 Å². The Morgan fingerprint density at radius 1 is 0.659 bits per heavy atom. The third-order valence-electron chi connectivity index (χ3n) is 5.42.